The number of aryl methyl sites for hydroxylation is 1. The maximum absolute atomic E-state index is 11.9. The molecule has 5 nitrogen and oxygen atoms in total. The van der Waals surface area contributed by atoms with Crippen LogP contribution in [0.5, 0.6) is 0 Å². The van der Waals surface area contributed by atoms with E-state index in [0.717, 1.165) is 11.1 Å². The molecule has 5 heteroatoms. The molecule has 1 N–H and O–H groups in total. The van der Waals surface area contributed by atoms with E-state index in [-0.39, 0.29) is 5.69 Å². The number of para-hydroxylation sites is 1. The minimum atomic E-state index is -1.05. The van der Waals surface area contributed by atoms with Crippen LogP contribution in [0.3, 0.4) is 0 Å². The average molecular weight is 333 g/mol. The molecule has 1 atom stereocenters. The minimum Gasteiger partial charge on any atom is -0.481 e. The summed E-state index contributed by atoms with van der Waals surface area (Å²) >= 11 is 0. The summed E-state index contributed by atoms with van der Waals surface area (Å²) in [5.41, 5.74) is 3.11. The first-order chi connectivity index (χ1) is 12.1. The maximum atomic E-state index is 11.9. The molecule has 0 bridgehead atoms. The number of benzene rings is 2. The quantitative estimate of drug-likeness (QED) is 0.553. The van der Waals surface area contributed by atoms with Gasteiger partial charge in [0.2, 0.25) is 6.08 Å². The minimum absolute atomic E-state index is 0.281. The van der Waals surface area contributed by atoms with E-state index in [9.17, 15) is 14.7 Å². The molecular formula is C20H15NO4. The SMILES string of the molecule is Cc1ccccc1-c1cc(C(C(=O)O)c2ccccc2N=C=O)co1. The number of furan rings is 1. The monoisotopic (exact) mass is 333 g/mol. The number of carbonyl (C=O) groups is 1. The summed E-state index contributed by atoms with van der Waals surface area (Å²) in [5, 5.41) is 9.73. The molecule has 0 aliphatic heterocycles. The van der Waals surface area contributed by atoms with Crippen LogP contribution in [0.25, 0.3) is 11.3 Å². The fraction of sp³-hybridized carbons (Fsp3) is 0.100. The second kappa shape index (κ2) is 6.99. The van der Waals surface area contributed by atoms with Crippen LogP contribution in [-0.4, -0.2) is 17.2 Å². The van der Waals surface area contributed by atoms with Gasteiger partial charge in [0.15, 0.2) is 0 Å². The Morgan fingerprint density at radius 3 is 2.60 bits per heavy atom. The van der Waals surface area contributed by atoms with E-state index >= 15 is 0 Å². The Morgan fingerprint density at radius 2 is 1.88 bits per heavy atom. The molecule has 0 radical (unpaired) electrons. The highest BCUT2D eigenvalue weighted by Crippen LogP contribution is 2.35. The lowest BCUT2D eigenvalue weighted by Crippen LogP contribution is -2.12. The Kier molecular flexibility index (Phi) is 4.59. The van der Waals surface area contributed by atoms with Crippen molar-refractivity contribution < 1.29 is 19.1 Å². The number of carbonyl (C=O) groups excluding carboxylic acids is 1. The first-order valence-corrected chi connectivity index (χ1v) is 7.66. The Bertz CT molecular complexity index is 967. The Labute approximate surface area is 144 Å². The van der Waals surface area contributed by atoms with Gasteiger partial charge in [-0.05, 0) is 30.2 Å². The maximum Gasteiger partial charge on any atom is 0.315 e. The molecule has 3 aromatic rings. The third-order valence-corrected chi connectivity index (χ3v) is 4.02. The molecule has 0 aliphatic rings. The predicted octanol–water partition coefficient (Wildman–Crippen LogP) is 4.44. The van der Waals surface area contributed by atoms with Gasteiger partial charge in [0.25, 0.3) is 0 Å². The largest absolute Gasteiger partial charge is 0.481 e. The van der Waals surface area contributed by atoms with Crippen molar-refractivity contribution in [2.45, 2.75) is 12.8 Å². The molecular weight excluding hydrogens is 318 g/mol. The van der Waals surface area contributed by atoms with Gasteiger partial charge in [0.1, 0.15) is 11.7 Å². The predicted molar refractivity (Wildman–Crippen MR) is 92.6 cm³/mol. The number of rotatable bonds is 5. The van der Waals surface area contributed by atoms with Crippen molar-refractivity contribution >= 4 is 17.7 Å². The zero-order chi connectivity index (χ0) is 17.8. The van der Waals surface area contributed by atoms with Crippen molar-refractivity contribution in [3.8, 4) is 11.3 Å². The highest BCUT2D eigenvalue weighted by molar-refractivity contribution is 5.83. The summed E-state index contributed by atoms with van der Waals surface area (Å²) in [5.74, 6) is -1.45. The first-order valence-electron chi connectivity index (χ1n) is 7.66. The zero-order valence-corrected chi connectivity index (χ0v) is 13.5. The van der Waals surface area contributed by atoms with E-state index in [1.165, 1.54) is 12.3 Å². The topological polar surface area (TPSA) is 79.9 Å². The summed E-state index contributed by atoms with van der Waals surface area (Å²) in [4.78, 5) is 26.1. The lowest BCUT2D eigenvalue weighted by molar-refractivity contribution is -0.137. The van der Waals surface area contributed by atoms with Crippen LogP contribution in [0.1, 0.15) is 22.6 Å². The van der Waals surface area contributed by atoms with E-state index in [4.69, 9.17) is 4.42 Å². The van der Waals surface area contributed by atoms with Gasteiger partial charge in [-0.1, -0.05) is 42.5 Å². The van der Waals surface area contributed by atoms with E-state index in [1.54, 1.807) is 30.3 Å². The number of aliphatic carboxylic acids is 1. The molecule has 1 unspecified atom stereocenters. The molecule has 25 heavy (non-hydrogen) atoms. The normalized spacial score (nSPS) is 11.6. The number of hydrogen-bond donors (Lipinski definition) is 1. The van der Waals surface area contributed by atoms with Crippen LogP contribution in [0.2, 0.25) is 0 Å². The summed E-state index contributed by atoms with van der Waals surface area (Å²) < 4.78 is 5.61. The Morgan fingerprint density at radius 1 is 1.16 bits per heavy atom. The van der Waals surface area contributed by atoms with Crippen LogP contribution in [-0.2, 0) is 9.59 Å². The summed E-state index contributed by atoms with van der Waals surface area (Å²) in [7, 11) is 0. The Balaban J connectivity index is 2.08. The molecule has 0 spiro atoms. The van der Waals surface area contributed by atoms with Crippen molar-refractivity contribution in [1.82, 2.24) is 0 Å². The molecule has 3 rings (SSSR count). The van der Waals surface area contributed by atoms with Crippen molar-refractivity contribution in [2.24, 2.45) is 4.99 Å². The van der Waals surface area contributed by atoms with Gasteiger partial charge in [-0.25, -0.2) is 4.79 Å². The summed E-state index contributed by atoms with van der Waals surface area (Å²) in [6.07, 6.45) is 2.90. The van der Waals surface area contributed by atoms with Gasteiger partial charge < -0.3 is 9.52 Å². The van der Waals surface area contributed by atoms with Gasteiger partial charge in [0, 0.05) is 11.1 Å². The standard InChI is InChI=1S/C20H15NO4/c1-13-6-2-3-7-15(13)18-10-14(11-25-18)19(20(23)24)16-8-4-5-9-17(16)21-12-22/h2-11,19H,1H3,(H,23,24). The van der Waals surface area contributed by atoms with Crippen molar-refractivity contribution in [3.63, 3.8) is 0 Å². The summed E-state index contributed by atoms with van der Waals surface area (Å²) in [6, 6.07) is 16.0. The molecule has 0 aliphatic carbocycles. The number of aliphatic imine (C=N–C) groups is 1. The lowest BCUT2D eigenvalue weighted by atomic mass is 9.91. The van der Waals surface area contributed by atoms with Gasteiger partial charge >= 0.3 is 5.97 Å². The highest BCUT2D eigenvalue weighted by Gasteiger charge is 2.27. The van der Waals surface area contributed by atoms with Gasteiger partial charge in [-0.2, -0.15) is 4.99 Å². The molecule has 1 aromatic heterocycles. The first kappa shape index (κ1) is 16.4. The van der Waals surface area contributed by atoms with E-state index in [0.29, 0.717) is 16.9 Å². The Hall–Kier alpha value is -3.43. The molecule has 124 valence electrons. The number of isocyanates is 1. The van der Waals surface area contributed by atoms with Gasteiger partial charge in [0.05, 0.1) is 12.0 Å². The fourth-order valence-corrected chi connectivity index (χ4v) is 2.83. The third kappa shape index (κ3) is 3.27. The summed E-state index contributed by atoms with van der Waals surface area (Å²) in [6.45, 7) is 1.96. The van der Waals surface area contributed by atoms with Gasteiger partial charge in [-0.3, -0.25) is 4.79 Å². The highest BCUT2D eigenvalue weighted by atomic mass is 16.4. The lowest BCUT2D eigenvalue weighted by Gasteiger charge is -2.12. The molecule has 0 fully saturated rings. The zero-order valence-electron chi connectivity index (χ0n) is 13.5. The molecule has 1 heterocycles. The van der Waals surface area contributed by atoms with Crippen molar-refractivity contribution in [2.75, 3.05) is 0 Å². The average Bonchev–Trinajstić information content (AvgIpc) is 3.06. The van der Waals surface area contributed by atoms with Crippen LogP contribution in [0.15, 0.2) is 70.3 Å². The smallest absolute Gasteiger partial charge is 0.315 e. The van der Waals surface area contributed by atoms with Crippen molar-refractivity contribution in [1.29, 1.82) is 0 Å². The molecule has 0 saturated heterocycles. The van der Waals surface area contributed by atoms with E-state index in [2.05, 4.69) is 4.99 Å². The van der Waals surface area contributed by atoms with Crippen LogP contribution >= 0.6 is 0 Å². The van der Waals surface area contributed by atoms with Crippen LogP contribution in [0.4, 0.5) is 5.69 Å². The number of nitrogens with zero attached hydrogens (tertiary/aromatic N) is 1. The number of carboxylic acid groups (broad SMARTS) is 1. The second-order valence-electron chi connectivity index (χ2n) is 5.59. The van der Waals surface area contributed by atoms with Crippen LogP contribution < -0.4 is 0 Å². The fourth-order valence-electron chi connectivity index (χ4n) is 2.83. The number of carboxylic acids is 1. The molecule has 2 aromatic carbocycles. The van der Waals surface area contributed by atoms with Crippen LogP contribution in [0, 0.1) is 6.92 Å². The third-order valence-electron chi connectivity index (χ3n) is 4.02. The van der Waals surface area contributed by atoms with E-state index in [1.807, 2.05) is 31.2 Å². The van der Waals surface area contributed by atoms with Gasteiger partial charge in [-0.15, -0.1) is 0 Å². The second-order valence-corrected chi connectivity index (χ2v) is 5.59. The molecule has 0 amide bonds. The number of hydrogen-bond acceptors (Lipinski definition) is 4. The molecule has 0 saturated carbocycles. The van der Waals surface area contributed by atoms with Crippen molar-refractivity contribution in [3.05, 3.63) is 77.6 Å². The van der Waals surface area contributed by atoms with E-state index < -0.39 is 11.9 Å².